The number of morpholine rings is 1. The van der Waals surface area contributed by atoms with Gasteiger partial charge in [-0.05, 0) is 19.4 Å². The lowest BCUT2D eigenvalue weighted by Crippen LogP contribution is -3.14. The van der Waals surface area contributed by atoms with E-state index in [-0.39, 0.29) is 17.9 Å². The fraction of sp³-hybridized carbons (Fsp3) is 0.667. The second kappa shape index (κ2) is 10.2. The van der Waals surface area contributed by atoms with Crippen LogP contribution in [0.25, 0.3) is 0 Å². The van der Waals surface area contributed by atoms with Gasteiger partial charge in [0.2, 0.25) is 5.91 Å². The summed E-state index contributed by atoms with van der Waals surface area (Å²) in [5, 5.41) is 2.96. The maximum Gasteiger partial charge on any atom is 0.257 e. The molecule has 7 heteroatoms. The van der Waals surface area contributed by atoms with Crippen molar-refractivity contribution < 1.29 is 23.6 Å². The first-order valence-corrected chi connectivity index (χ1v) is 9.13. The van der Waals surface area contributed by atoms with Gasteiger partial charge in [0, 0.05) is 19.0 Å². The summed E-state index contributed by atoms with van der Waals surface area (Å²) in [6.07, 6.45) is 4.09. The first-order chi connectivity index (χ1) is 12.1. The number of ether oxygens (including phenoxy) is 1. The molecular formula is C18H30N3O4+. The average molecular weight is 352 g/mol. The fourth-order valence-corrected chi connectivity index (χ4v) is 2.89. The molecule has 25 heavy (non-hydrogen) atoms. The molecule has 0 aliphatic carbocycles. The molecule has 0 aromatic carbocycles. The van der Waals surface area contributed by atoms with Crippen LogP contribution in [-0.4, -0.2) is 68.7 Å². The van der Waals surface area contributed by atoms with Crippen LogP contribution in [0.3, 0.4) is 0 Å². The van der Waals surface area contributed by atoms with E-state index in [2.05, 4.69) is 5.32 Å². The van der Waals surface area contributed by atoms with Gasteiger partial charge in [-0.1, -0.05) is 6.92 Å². The number of amides is 2. The van der Waals surface area contributed by atoms with Crippen molar-refractivity contribution in [2.75, 3.05) is 45.9 Å². The van der Waals surface area contributed by atoms with Gasteiger partial charge in [0.25, 0.3) is 5.91 Å². The number of furan rings is 1. The first kappa shape index (κ1) is 19.5. The van der Waals surface area contributed by atoms with Gasteiger partial charge >= 0.3 is 0 Å². The van der Waals surface area contributed by atoms with Crippen LogP contribution in [0, 0.1) is 0 Å². The average Bonchev–Trinajstić information content (AvgIpc) is 3.17. The van der Waals surface area contributed by atoms with Gasteiger partial charge in [-0.3, -0.25) is 9.59 Å². The van der Waals surface area contributed by atoms with Crippen LogP contribution in [-0.2, 0) is 9.53 Å². The summed E-state index contributed by atoms with van der Waals surface area (Å²) in [5.41, 5.74) is 0.525. The molecule has 1 aromatic rings. The monoisotopic (exact) mass is 352 g/mol. The Labute approximate surface area is 149 Å². The standard InChI is InChI=1S/C18H29N3O4/c1-3-15(2)21(18(23)16-5-11-25-14-16)7-4-17(22)19-6-8-20-9-12-24-13-10-20/h5,11,14-15H,3-4,6-10,12-13H2,1-2H3,(H,19,22)/p+1/t15-/m0/s1. The molecule has 0 spiro atoms. The highest BCUT2D eigenvalue weighted by molar-refractivity contribution is 5.94. The molecule has 7 nitrogen and oxygen atoms in total. The van der Waals surface area contributed by atoms with Crippen molar-refractivity contribution in [2.45, 2.75) is 32.7 Å². The van der Waals surface area contributed by atoms with E-state index in [1.54, 1.807) is 11.0 Å². The molecule has 0 unspecified atom stereocenters. The second-order valence-electron chi connectivity index (χ2n) is 6.48. The van der Waals surface area contributed by atoms with Crippen molar-refractivity contribution in [3.8, 4) is 0 Å². The highest BCUT2D eigenvalue weighted by Gasteiger charge is 2.22. The largest absolute Gasteiger partial charge is 0.472 e. The van der Waals surface area contributed by atoms with Crippen LogP contribution in [0.1, 0.15) is 37.0 Å². The summed E-state index contributed by atoms with van der Waals surface area (Å²) in [6.45, 7) is 9.60. The number of carbonyl (C=O) groups excluding carboxylic acids is 2. The van der Waals surface area contributed by atoms with Gasteiger partial charge < -0.3 is 24.3 Å². The predicted molar refractivity (Wildman–Crippen MR) is 93.5 cm³/mol. The number of nitrogens with zero attached hydrogens (tertiary/aromatic N) is 1. The molecule has 1 atom stereocenters. The Hall–Kier alpha value is -1.86. The highest BCUT2D eigenvalue weighted by Crippen LogP contribution is 2.12. The molecule has 140 valence electrons. The SMILES string of the molecule is CC[C@H](C)N(CCC(=O)NCC[NH+]1CCOCC1)C(=O)c1ccoc1. The molecular weight excluding hydrogens is 322 g/mol. The number of rotatable bonds is 9. The summed E-state index contributed by atoms with van der Waals surface area (Å²) in [6, 6.07) is 1.73. The molecule has 1 saturated heterocycles. The first-order valence-electron chi connectivity index (χ1n) is 9.13. The number of carbonyl (C=O) groups is 2. The quantitative estimate of drug-likeness (QED) is 0.653. The molecule has 2 amide bonds. The van der Waals surface area contributed by atoms with Gasteiger partial charge in [-0.15, -0.1) is 0 Å². The lowest BCUT2D eigenvalue weighted by molar-refractivity contribution is -0.906. The van der Waals surface area contributed by atoms with Crippen LogP contribution in [0.2, 0.25) is 0 Å². The number of quaternary nitrogens is 1. The third-order valence-electron chi connectivity index (χ3n) is 4.73. The third kappa shape index (κ3) is 6.17. The number of hydrogen-bond acceptors (Lipinski definition) is 4. The Morgan fingerprint density at radius 1 is 1.36 bits per heavy atom. The van der Waals surface area contributed by atoms with Crippen LogP contribution in [0.15, 0.2) is 23.0 Å². The summed E-state index contributed by atoms with van der Waals surface area (Å²) in [5.74, 6) is -0.102. The van der Waals surface area contributed by atoms with Gasteiger partial charge in [0.05, 0.1) is 38.1 Å². The molecule has 0 radical (unpaired) electrons. The van der Waals surface area contributed by atoms with E-state index in [1.165, 1.54) is 17.4 Å². The minimum absolute atomic E-state index is 0.0130. The Balaban J connectivity index is 1.75. The van der Waals surface area contributed by atoms with Gasteiger partial charge in [-0.2, -0.15) is 0 Å². The molecule has 1 aromatic heterocycles. The van der Waals surface area contributed by atoms with E-state index in [0.717, 1.165) is 39.3 Å². The van der Waals surface area contributed by atoms with Crippen molar-refractivity contribution in [3.63, 3.8) is 0 Å². The fourth-order valence-electron chi connectivity index (χ4n) is 2.89. The molecule has 1 fully saturated rings. The molecule has 1 aliphatic heterocycles. The van der Waals surface area contributed by atoms with E-state index in [4.69, 9.17) is 9.15 Å². The smallest absolute Gasteiger partial charge is 0.257 e. The molecule has 2 heterocycles. The van der Waals surface area contributed by atoms with Crippen molar-refractivity contribution in [1.29, 1.82) is 0 Å². The Bertz CT molecular complexity index is 526. The zero-order valence-electron chi connectivity index (χ0n) is 15.3. The zero-order valence-corrected chi connectivity index (χ0v) is 15.3. The van der Waals surface area contributed by atoms with E-state index in [9.17, 15) is 9.59 Å². The third-order valence-corrected chi connectivity index (χ3v) is 4.73. The Morgan fingerprint density at radius 2 is 2.12 bits per heavy atom. The maximum atomic E-state index is 12.6. The maximum absolute atomic E-state index is 12.6. The van der Waals surface area contributed by atoms with Crippen LogP contribution < -0.4 is 10.2 Å². The van der Waals surface area contributed by atoms with E-state index < -0.39 is 0 Å². The highest BCUT2D eigenvalue weighted by atomic mass is 16.5. The lowest BCUT2D eigenvalue weighted by atomic mass is 10.1. The van der Waals surface area contributed by atoms with Crippen LogP contribution in [0.4, 0.5) is 0 Å². The lowest BCUT2D eigenvalue weighted by Gasteiger charge is -2.28. The van der Waals surface area contributed by atoms with Crippen LogP contribution >= 0.6 is 0 Å². The van der Waals surface area contributed by atoms with Gasteiger partial charge in [-0.25, -0.2) is 0 Å². The molecule has 2 rings (SSSR count). The normalized spacial score (nSPS) is 16.4. The van der Waals surface area contributed by atoms with Crippen molar-refractivity contribution >= 4 is 11.8 Å². The van der Waals surface area contributed by atoms with E-state index in [1.807, 2.05) is 13.8 Å². The van der Waals surface area contributed by atoms with Crippen molar-refractivity contribution in [2.24, 2.45) is 0 Å². The van der Waals surface area contributed by atoms with Crippen molar-refractivity contribution in [1.82, 2.24) is 10.2 Å². The molecule has 0 bridgehead atoms. The van der Waals surface area contributed by atoms with E-state index >= 15 is 0 Å². The minimum atomic E-state index is -0.0892. The van der Waals surface area contributed by atoms with Gasteiger partial charge in [0.15, 0.2) is 0 Å². The Morgan fingerprint density at radius 3 is 2.76 bits per heavy atom. The van der Waals surface area contributed by atoms with Crippen LogP contribution in [0.5, 0.6) is 0 Å². The minimum Gasteiger partial charge on any atom is -0.472 e. The number of nitrogens with one attached hydrogen (secondary N) is 2. The van der Waals surface area contributed by atoms with E-state index in [0.29, 0.717) is 25.1 Å². The zero-order chi connectivity index (χ0) is 18.1. The molecule has 1 aliphatic rings. The molecule has 0 saturated carbocycles. The van der Waals surface area contributed by atoms with Gasteiger partial charge in [0.1, 0.15) is 19.4 Å². The topological polar surface area (TPSA) is 76.2 Å². The predicted octanol–water partition coefficient (Wildman–Crippen LogP) is -0.0583. The second-order valence-corrected chi connectivity index (χ2v) is 6.48. The summed E-state index contributed by atoms with van der Waals surface area (Å²) >= 11 is 0. The summed E-state index contributed by atoms with van der Waals surface area (Å²) < 4.78 is 10.3. The summed E-state index contributed by atoms with van der Waals surface area (Å²) in [4.78, 5) is 27.9. The summed E-state index contributed by atoms with van der Waals surface area (Å²) in [7, 11) is 0. The Kier molecular flexibility index (Phi) is 7.94. The number of hydrogen-bond donors (Lipinski definition) is 2. The van der Waals surface area contributed by atoms with Crippen molar-refractivity contribution in [3.05, 3.63) is 24.2 Å². The molecule has 2 N–H and O–H groups in total.